The zero-order valence-corrected chi connectivity index (χ0v) is 19.1. The lowest BCUT2D eigenvalue weighted by Crippen LogP contribution is -2.39. The molecule has 0 radical (unpaired) electrons. The van der Waals surface area contributed by atoms with Crippen LogP contribution in [-0.4, -0.2) is 55.5 Å². The van der Waals surface area contributed by atoms with Crippen molar-refractivity contribution in [2.24, 2.45) is 11.0 Å². The number of nitrogens with zero attached hydrogens (tertiary/aromatic N) is 7. The Balaban J connectivity index is 1.15. The van der Waals surface area contributed by atoms with E-state index in [1.54, 1.807) is 6.07 Å². The number of hydrogen-bond donors (Lipinski definition) is 0. The highest BCUT2D eigenvalue weighted by atomic mass is 32.2. The van der Waals surface area contributed by atoms with E-state index in [1.165, 1.54) is 24.2 Å². The van der Waals surface area contributed by atoms with Gasteiger partial charge in [0.05, 0.1) is 23.8 Å². The molecule has 3 aliphatic rings. The zero-order chi connectivity index (χ0) is 22.2. The van der Waals surface area contributed by atoms with Crippen LogP contribution in [0, 0.1) is 11.9 Å². The normalized spacial score (nSPS) is 20.0. The van der Waals surface area contributed by atoms with Crippen molar-refractivity contribution in [3.63, 3.8) is 0 Å². The molecule has 0 spiro atoms. The number of halogens is 1. The first-order valence-electron chi connectivity index (χ1n) is 10.9. The Morgan fingerprint density at radius 3 is 2.78 bits per heavy atom. The van der Waals surface area contributed by atoms with Gasteiger partial charge in [-0.3, -0.25) is 4.31 Å². The number of hydrogen-bond acceptors (Lipinski definition) is 10. The van der Waals surface area contributed by atoms with E-state index in [1.807, 2.05) is 15.5 Å². The van der Waals surface area contributed by atoms with E-state index in [9.17, 15) is 4.39 Å². The molecule has 5 rings (SSSR count). The Hall–Kier alpha value is -2.82. The third kappa shape index (κ3) is 4.25. The van der Waals surface area contributed by atoms with Gasteiger partial charge in [-0.25, -0.2) is 9.99 Å². The second kappa shape index (κ2) is 8.61. The van der Waals surface area contributed by atoms with Gasteiger partial charge in [0.25, 0.3) is 5.23 Å². The molecule has 0 aromatic carbocycles. The van der Waals surface area contributed by atoms with E-state index >= 15 is 0 Å². The van der Waals surface area contributed by atoms with Crippen molar-refractivity contribution in [2.75, 3.05) is 24.7 Å². The molecule has 0 aliphatic carbocycles. The Morgan fingerprint density at radius 1 is 1.25 bits per heavy atom. The summed E-state index contributed by atoms with van der Waals surface area (Å²) in [6.45, 7) is 8.52. The van der Waals surface area contributed by atoms with Crippen LogP contribution in [0.5, 0.6) is 0 Å². The van der Waals surface area contributed by atoms with Gasteiger partial charge in [-0.1, -0.05) is 19.0 Å². The molecule has 170 valence electrons. The maximum Gasteiger partial charge on any atom is 0.324 e. The first kappa shape index (κ1) is 21.0. The molecule has 9 nitrogen and oxygen atoms in total. The van der Waals surface area contributed by atoms with E-state index in [4.69, 9.17) is 9.26 Å². The molecule has 5 heterocycles. The van der Waals surface area contributed by atoms with E-state index in [0.717, 1.165) is 43.0 Å². The van der Waals surface area contributed by atoms with E-state index in [-0.39, 0.29) is 12.0 Å². The molecule has 3 aliphatic heterocycles. The van der Waals surface area contributed by atoms with Crippen LogP contribution in [0.4, 0.5) is 10.4 Å². The lowest BCUT2D eigenvalue weighted by Gasteiger charge is -2.34. The smallest absolute Gasteiger partial charge is 0.324 e. The van der Waals surface area contributed by atoms with Crippen LogP contribution in [0.15, 0.2) is 34.2 Å². The van der Waals surface area contributed by atoms with E-state index in [0.29, 0.717) is 23.8 Å². The predicted octanol–water partition coefficient (Wildman–Crippen LogP) is 3.86. The quantitative estimate of drug-likeness (QED) is 0.489. The second-order valence-electron chi connectivity index (χ2n) is 8.54. The largest absolute Gasteiger partial charge is 0.467 e. The number of ether oxygens (including phenoxy) is 1. The maximum atomic E-state index is 13.5. The van der Waals surface area contributed by atoms with Crippen molar-refractivity contribution in [1.82, 2.24) is 24.4 Å². The summed E-state index contributed by atoms with van der Waals surface area (Å²) < 4.78 is 27.3. The van der Waals surface area contributed by atoms with Crippen molar-refractivity contribution in [2.45, 2.75) is 45.6 Å². The molecule has 2 aromatic heterocycles. The van der Waals surface area contributed by atoms with Crippen molar-refractivity contribution < 1.29 is 13.7 Å². The fourth-order valence-electron chi connectivity index (χ4n) is 4.04. The van der Waals surface area contributed by atoms with Crippen molar-refractivity contribution in [3.8, 4) is 0 Å². The monoisotopic (exact) mass is 459 g/mol. The molecular weight excluding hydrogens is 433 g/mol. The number of pyridine rings is 1. The van der Waals surface area contributed by atoms with Gasteiger partial charge in [0.15, 0.2) is 5.82 Å². The average Bonchev–Trinajstić information content (AvgIpc) is 3.39. The Bertz CT molecular complexity index is 1030. The van der Waals surface area contributed by atoms with Gasteiger partial charge in [-0.05, 0) is 31.7 Å². The molecule has 11 heteroatoms. The van der Waals surface area contributed by atoms with Gasteiger partial charge < -0.3 is 14.2 Å². The van der Waals surface area contributed by atoms with Crippen LogP contribution in [-0.2, 0) is 4.74 Å². The van der Waals surface area contributed by atoms with Crippen LogP contribution in [0.2, 0.25) is 0 Å². The molecular formula is C21H26FN7O2S. The minimum absolute atomic E-state index is 0.0269. The van der Waals surface area contributed by atoms with Crippen LogP contribution >= 0.6 is 11.9 Å². The summed E-state index contributed by atoms with van der Waals surface area (Å²) >= 11 is 1.44. The fraction of sp³-hybridized carbons (Fsp3) is 0.524. The SMILES string of the molecule is CC(C)c1noc(N2CCC([C@@H](C)OC3=NN4C=C(c5ccnc(F)c5)N(C4)S3)CC2)n1. The Kier molecular flexibility index (Phi) is 5.66. The number of piperidine rings is 1. The third-order valence-electron chi connectivity index (χ3n) is 5.94. The summed E-state index contributed by atoms with van der Waals surface area (Å²) in [5.74, 6) is 0.910. The minimum Gasteiger partial charge on any atom is -0.467 e. The highest BCUT2D eigenvalue weighted by molar-refractivity contribution is 8.11. The summed E-state index contributed by atoms with van der Waals surface area (Å²) in [4.78, 5) is 10.3. The molecule has 2 bridgehead atoms. The number of hydrazone groups is 1. The highest BCUT2D eigenvalue weighted by Crippen LogP contribution is 2.37. The molecule has 0 N–H and O–H groups in total. The average molecular weight is 460 g/mol. The number of anilines is 1. The van der Waals surface area contributed by atoms with Gasteiger partial charge in [0.1, 0.15) is 12.8 Å². The molecule has 0 saturated carbocycles. The standard InChI is InChI=1S/C21H26FN7O2S/c1-13(2)19-24-20(31-26-19)27-8-5-15(6-9-27)14(3)30-21-25-28-11-17(29(12-28)32-21)16-4-7-23-18(22)10-16/h4,7,10-11,13-15H,5-6,8-9,12H2,1-3H3/t14-/m1/s1. The number of fused-ring (bicyclic) bond motifs is 2. The second-order valence-corrected chi connectivity index (χ2v) is 9.51. The summed E-state index contributed by atoms with van der Waals surface area (Å²) in [5, 5.41) is 11.1. The fourth-order valence-corrected chi connectivity index (χ4v) is 4.99. The summed E-state index contributed by atoms with van der Waals surface area (Å²) in [6.07, 6.45) is 5.35. The first-order chi connectivity index (χ1) is 15.5. The van der Waals surface area contributed by atoms with E-state index in [2.05, 4.69) is 45.9 Å². The van der Waals surface area contributed by atoms with Crippen molar-refractivity contribution >= 4 is 28.9 Å². The zero-order valence-electron chi connectivity index (χ0n) is 18.3. The maximum absolute atomic E-state index is 13.5. The molecule has 0 amide bonds. The Morgan fingerprint density at radius 2 is 2.06 bits per heavy atom. The molecule has 1 saturated heterocycles. The third-order valence-corrected chi connectivity index (χ3v) is 6.81. The lowest BCUT2D eigenvalue weighted by atomic mass is 9.92. The van der Waals surface area contributed by atoms with Gasteiger partial charge in [-0.2, -0.15) is 9.37 Å². The molecule has 2 aromatic rings. The summed E-state index contributed by atoms with van der Waals surface area (Å²) in [7, 11) is 0. The van der Waals surface area contributed by atoms with Gasteiger partial charge in [-0.15, -0.1) is 5.10 Å². The first-order valence-corrected chi connectivity index (χ1v) is 11.6. The summed E-state index contributed by atoms with van der Waals surface area (Å²) in [6, 6.07) is 3.83. The molecule has 1 fully saturated rings. The topological polar surface area (TPSA) is 83.1 Å². The van der Waals surface area contributed by atoms with Crippen LogP contribution in [0.3, 0.4) is 0 Å². The van der Waals surface area contributed by atoms with Gasteiger partial charge in [0, 0.05) is 36.8 Å². The molecule has 0 unspecified atom stereocenters. The van der Waals surface area contributed by atoms with Crippen LogP contribution < -0.4 is 4.90 Å². The molecule has 1 atom stereocenters. The van der Waals surface area contributed by atoms with E-state index < -0.39 is 5.95 Å². The predicted molar refractivity (Wildman–Crippen MR) is 120 cm³/mol. The van der Waals surface area contributed by atoms with Gasteiger partial charge in [0.2, 0.25) is 5.95 Å². The highest BCUT2D eigenvalue weighted by Gasteiger charge is 2.33. The number of rotatable bonds is 5. The van der Waals surface area contributed by atoms with Crippen LogP contribution in [0.25, 0.3) is 5.70 Å². The lowest BCUT2D eigenvalue weighted by molar-refractivity contribution is 0.120. The van der Waals surface area contributed by atoms with Crippen LogP contribution in [0.1, 0.15) is 50.9 Å². The summed E-state index contributed by atoms with van der Waals surface area (Å²) in [5.41, 5.74) is 1.66. The minimum atomic E-state index is -0.496. The van der Waals surface area contributed by atoms with Gasteiger partial charge >= 0.3 is 6.01 Å². The molecule has 32 heavy (non-hydrogen) atoms. The van der Waals surface area contributed by atoms with Crippen molar-refractivity contribution in [3.05, 3.63) is 41.9 Å². The van der Waals surface area contributed by atoms with Crippen molar-refractivity contribution in [1.29, 1.82) is 0 Å². The Labute approximate surface area is 190 Å². The number of aromatic nitrogens is 3.